The van der Waals surface area contributed by atoms with Gasteiger partial charge in [0.2, 0.25) is 0 Å². The van der Waals surface area contributed by atoms with Gasteiger partial charge in [0.05, 0.1) is 5.56 Å². The maximum atomic E-state index is 12.8. The zero-order valence-corrected chi connectivity index (χ0v) is 6.40. The molecular formula is C8H7F2NO. The van der Waals surface area contributed by atoms with Crippen molar-refractivity contribution in [2.45, 2.75) is 6.92 Å². The van der Waals surface area contributed by atoms with E-state index < -0.39 is 23.0 Å². The summed E-state index contributed by atoms with van der Waals surface area (Å²) in [6, 6.07) is 1.83. The van der Waals surface area contributed by atoms with E-state index in [0.29, 0.717) is 0 Å². The number of hydrogen-bond donors (Lipinski definition) is 1. The van der Waals surface area contributed by atoms with Crippen molar-refractivity contribution in [3.05, 3.63) is 29.3 Å². The highest BCUT2D eigenvalue weighted by Gasteiger charge is 2.13. The smallest absolute Gasteiger partial charge is 0.165 e. The van der Waals surface area contributed by atoms with E-state index in [4.69, 9.17) is 5.73 Å². The Hall–Kier alpha value is -1.45. The van der Waals surface area contributed by atoms with Gasteiger partial charge in [-0.2, -0.15) is 0 Å². The van der Waals surface area contributed by atoms with E-state index in [1.807, 2.05) is 0 Å². The van der Waals surface area contributed by atoms with E-state index in [1.165, 1.54) is 0 Å². The number of carbonyl (C=O) groups is 1. The third-order valence-corrected chi connectivity index (χ3v) is 1.42. The van der Waals surface area contributed by atoms with Crippen LogP contribution in [0.4, 0.5) is 14.5 Å². The standard InChI is InChI=1S/C8H7F2NO/c1-4(12)8-6(9)2-5(11)3-7(8)10/h2-3H,11H2,1H3. The molecule has 2 nitrogen and oxygen atoms in total. The topological polar surface area (TPSA) is 43.1 Å². The molecule has 0 radical (unpaired) electrons. The van der Waals surface area contributed by atoms with Crippen molar-refractivity contribution >= 4 is 11.5 Å². The highest BCUT2D eigenvalue weighted by Crippen LogP contribution is 2.16. The third-order valence-electron chi connectivity index (χ3n) is 1.42. The van der Waals surface area contributed by atoms with Crippen LogP contribution in [0.15, 0.2) is 12.1 Å². The summed E-state index contributed by atoms with van der Waals surface area (Å²) in [5, 5.41) is 0. The number of rotatable bonds is 1. The maximum absolute atomic E-state index is 12.8. The van der Waals surface area contributed by atoms with Crippen LogP contribution in [-0.2, 0) is 0 Å². The fraction of sp³-hybridized carbons (Fsp3) is 0.125. The fourth-order valence-electron chi connectivity index (χ4n) is 0.929. The lowest BCUT2D eigenvalue weighted by atomic mass is 10.1. The predicted octanol–water partition coefficient (Wildman–Crippen LogP) is 1.75. The molecule has 0 unspecified atom stereocenters. The van der Waals surface area contributed by atoms with Gasteiger partial charge in [0.15, 0.2) is 5.78 Å². The highest BCUT2D eigenvalue weighted by molar-refractivity contribution is 5.94. The second-order valence-corrected chi connectivity index (χ2v) is 2.42. The molecule has 0 aliphatic rings. The molecule has 0 bridgehead atoms. The number of nitrogens with two attached hydrogens (primary N) is 1. The van der Waals surface area contributed by atoms with E-state index in [9.17, 15) is 13.6 Å². The number of benzene rings is 1. The molecule has 1 aromatic carbocycles. The molecule has 12 heavy (non-hydrogen) atoms. The van der Waals surface area contributed by atoms with Crippen molar-refractivity contribution in [1.82, 2.24) is 0 Å². The van der Waals surface area contributed by atoms with Gasteiger partial charge in [0.1, 0.15) is 11.6 Å². The molecule has 0 fully saturated rings. The first-order valence-corrected chi connectivity index (χ1v) is 3.28. The average molecular weight is 171 g/mol. The molecule has 1 aromatic rings. The van der Waals surface area contributed by atoms with Gasteiger partial charge in [-0.3, -0.25) is 4.79 Å². The van der Waals surface area contributed by atoms with E-state index in [-0.39, 0.29) is 5.69 Å². The fourth-order valence-corrected chi connectivity index (χ4v) is 0.929. The van der Waals surface area contributed by atoms with Crippen LogP contribution in [0.25, 0.3) is 0 Å². The van der Waals surface area contributed by atoms with Gasteiger partial charge in [-0.1, -0.05) is 0 Å². The van der Waals surface area contributed by atoms with Crippen molar-refractivity contribution in [2.24, 2.45) is 0 Å². The van der Waals surface area contributed by atoms with Crippen LogP contribution in [-0.4, -0.2) is 5.78 Å². The van der Waals surface area contributed by atoms with Crippen LogP contribution in [0.2, 0.25) is 0 Å². The first-order chi connectivity index (χ1) is 5.52. The van der Waals surface area contributed by atoms with Crippen LogP contribution in [0, 0.1) is 11.6 Å². The molecule has 0 amide bonds. The summed E-state index contributed by atoms with van der Waals surface area (Å²) in [4.78, 5) is 10.7. The number of carbonyl (C=O) groups excluding carboxylic acids is 1. The summed E-state index contributed by atoms with van der Waals surface area (Å²) in [7, 11) is 0. The molecule has 0 aliphatic heterocycles. The summed E-state index contributed by atoms with van der Waals surface area (Å²) in [6.45, 7) is 1.09. The lowest BCUT2D eigenvalue weighted by molar-refractivity contribution is 0.101. The monoisotopic (exact) mass is 171 g/mol. The van der Waals surface area contributed by atoms with Crippen molar-refractivity contribution in [1.29, 1.82) is 0 Å². The van der Waals surface area contributed by atoms with E-state index in [2.05, 4.69) is 0 Å². The minimum Gasteiger partial charge on any atom is -0.399 e. The lowest BCUT2D eigenvalue weighted by Gasteiger charge is -2.01. The van der Waals surface area contributed by atoms with Crippen molar-refractivity contribution in [3.63, 3.8) is 0 Å². The molecule has 1 rings (SSSR count). The number of hydrogen-bond acceptors (Lipinski definition) is 2. The Morgan fingerprint density at radius 3 is 2.08 bits per heavy atom. The predicted molar refractivity (Wildman–Crippen MR) is 40.8 cm³/mol. The largest absolute Gasteiger partial charge is 0.399 e. The molecule has 4 heteroatoms. The molecule has 0 spiro atoms. The Labute approximate surface area is 68.0 Å². The van der Waals surface area contributed by atoms with Gasteiger partial charge in [0, 0.05) is 5.69 Å². The van der Waals surface area contributed by atoms with Gasteiger partial charge in [-0.05, 0) is 19.1 Å². The third kappa shape index (κ3) is 1.42. The Balaban J connectivity index is 3.38. The lowest BCUT2D eigenvalue weighted by Crippen LogP contribution is -2.02. The van der Waals surface area contributed by atoms with Crippen LogP contribution < -0.4 is 5.73 Å². The van der Waals surface area contributed by atoms with Gasteiger partial charge in [-0.25, -0.2) is 8.78 Å². The molecule has 0 saturated carbocycles. The van der Waals surface area contributed by atoms with E-state index in [0.717, 1.165) is 19.1 Å². The maximum Gasteiger partial charge on any atom is 0.165 e. The molecule has 0 saturated heterocycles. The van der Waals surface area contributed by atoms with Crippen molar-refractivity contribution in [3.8, 4) is 0 Å². The molecule has 0 aromatic heterocycles. The molecule has 0 aliphatic carbocycles. The zero-order valence-electron chi connectivity index (χ0n) is 6.40. The number of anilines is 1. The van der Waals surface area contributed by atoms with Crippen LogP contribution in [0.3, 0.4) is 0 Å². The SMILES string of the molecule is CC(=O)c1c(F)cc(N)cc1F. The number of ketones is 1. The van der Waals surface area contributed by atoms with Gasteiger partial charge in [-0.15, -0.1) is 0 Å². The van der Waals surface area contributed by atoms with Crippen molar-refractivity contribution < 1.29 is 13.6 Å². The summed E-state index contributed by atoms with van der Waals surface area (Å²) in [5.41, 5.74) is 4.57. The Morgan fingerprint density at radius 1 is 1.33 bits per heavy atom. The summed E-state index contributed by atoms with van der Waals surface area (Å²) >= 11 is 0. The first-order valence-electron chi connectivity index (χ1n) is 3.28. The van der Waals surface area contributed by atoms with Gasteiger partial charge < -0.3 is 5.73 Å². The Morgan fingerprint density at radius 2 is 1.75 bits per heavy atom. The van der Waals surface area contributed by atoms with Crippen molar-refractivity contribution in [2.75, 3.05) is 5.73 Å². The zero-order chi connectivity index (χ0) is 9.30. The second-order valence-electron chi connectivity index (χ2n) is 2.42. The molecule has 0 heterocycles. The van der Waals surface area contributed by atoms with Gasteiger partial charge >= 0.3 is 0 Å². The minimum absolute atomic E-state index is 0.0324. The summed E-state index contributed by atoms with van der Waals surface area (Å²) in [5.74, 6) is -2.48. The normalized spacial score (nSPS) is 9.92. The number of Topliss-reactive ketones (excluding diaryl/α,β-unsaturated/α-hetero) is 1. The minimum atomic E-state index is -0.917. The second kappa shape index (κ2) is 2.89. The summed E-state index contributed by atoms with van der Waals surface area (Å²) < 4.78 is 25.6. The number of nitrogen functional groups attached to an aromatic ring is 1. The van der Waals surface area contributed by atoms with Crippen LogP contribution >= 0.6 is 0 Å². The number of halogens is 2. The van der Waals surface area contributed by atoms with Crippen LogP contribution in [0.5, 0.6) is 0 Å². The average Bonchev–Trinajstić information content (AvgIpc) is 1.82. The van der Waals surface area contributed by atoms with Gasteiger partial charge in [0.25, 0.3) is 0 Å². The molecular weight excluding hydrogens is 164 g/mol. The quantitative estimate of drug-likeness (QED) is 0.516. The summed E-state index contributed by atoms with van der Waals surface area (Å²) in [6.07, 6.45) is 0. The van der Waals surface area contributed by atoms with E-state index in [1.54, 1.807) is 0 Å². The highest BCUT2D eigenvalue weighted by atomic mass is 19.1. The first kappa shape index (κ1) is 8.64. The molecule has 64 valence electrons. The van der Waals surface area contributed by atoms with Crippen LogP contribution in [0.1, 0.15) is 17.3 Å². The molecule has 2 N–H and O–H groups in total. The Kier molecular flexibility index (Phi) is 2.08. The molecule has 0 atom stereocenters. The Bertz CT molecular complexity index is 313. The van der Waals surface area contributed by atoms with E-state index >= 15 is 0 Å².